The molecule has 2 rings (SSSR count). The Bertz CT molecular complexity index is 621. The Morgan fingerprint density at radius 1 is 1.43 bits per heavy atom. The van der Waals surface area contributed by atoms with Crippen molar-refractivity contribution in [3.8, 4) is 0 Å². The fraction of sp³-hybridized carbons (Fsp3) is 0.333. The van der Waals surface area contributed by atoms with E-state index >= 15 is 0 Å². The average molecular weight is 304 g/mol. The van der Waals surface area contributed by atoms with Crippen LogP contribution in [0.4, 0.5) is 0 Å². The van der Waals surface area contributed by atoms with Crippen LogP contribution in [0.2, 0.25) is 0 Å². The Kier molecular flexibility index (Phi) is 5.03. The third-order valence-corrected chi connectivity index (χ3v) is 4.52. The number of thioether (sulfide) groups is 1. The van der Waals surface area contributed by atoms with Gasteiger partial charge in [-0.2, -0.15) is 5.10 Å². The van der Waals surface area contributed by atoms with Gasteiger partial charge in [0.25, 0.3) is 0 Å². The van der Waals surface area contributed by atoms with Crippen LogP contribution in [0, 0.1) is 6.92 Å². The molecule has 2 aromatic rings. The van der Waals surface area contributed by atoms with Crippen molar-refractivity contribution < 1.29 is 4.79 Å². The van der Waals surface area contributed by atoms with Crippen molar-refractivity contribution in [1.29, 1.82) is 0 Å². The second-order valence-electron chi connectivity index (χ2n) is 5.01. The molecule has 1 unspecified atom stereocenters. The number of rotatable bonds is 5. The SMILES string of the molecule is Cc1cc(SCc2ccc(C(C)C(=O)NN)cc2)n(C)n1. The molecule has 21 heavy (non-hydrogen) atoms. The van der Waals surface area contributed by atoms with Crippen molar-refractivity contribution >= 4 is 17.7 Å². The molecule has 0 aliphatic heterocycles. The van der Waals surface area contributed by atoms with E-state index in [2.05, 4.69) is 16.6 Å². The molecule has 0 radical (unpaired) electrons. The fourth-order valence-electron chi connectivity index (χ4n) is 2.06. The summed E-state index contributed by atoms with van der Waals surface area (Å²) in [5.41, 5.74) is 5.38. The Morgan fingerprint density at radius 2 is 2.10 bits per heavy atom. The van der Waals surface area contributed by atoms with Gasteiger partial charge in [0.15, 0.2) is 0 Å². The van der Waals surface area contributed by atoms with Gasteiger partial charge in [-0.15, -0.1) is 11.8 Å². The Labute approximate surface area is 128 Å². The Morgan fingerprint density at radius 3 is 2.62 bits per heavy atom. The number of amides is 1. The molecule has 112 valence electrons. The maximum Gasteiger partial charge on any atom is 0.241 e. The standard InChI is InChI=1S/C15H20N4OS/c1-10-8-14(19(3)18-10)21-9-12-4-6-13(7-5-12)11(2)15(20)17-16/h4-8,11H,9,16H2,1-3H3,(H,17,20). The Hall–Kier alpha value is -1.79. The zero-order valence-electron chi connectivity index (χ0n) is 12.5. The number of benzene rings is 1. The van der Waals surface area contributed by atoms with Crippen LogP contribution in [0.3, 0.4) is 0 Å². The van der Waals surface area contributed by atoms with E-state index in [0.717, 1.165) is 22.0 Å². The molecule has 0 aliphatic carbocycles. The van der Waals surface area contributed by atoms with Crippen LogP contribution >= 0.6 is 11.8 Å². The Balaban J connectivity index is 1.99. The van der Waals surface area contributed by atoms with Crippen molar-refractivity contribution in [3.63, 3.8) is 0 Å². The minimum absolute atomic E-state index is 0.178. The topological polar surface area (TPSA) is 72.9 Å². The lowest BCUT2D eigenvalue weighted by molar-refractivity contribution is -0.122. The van der Waals surface area contributed by atoms with Crippen molar-refractivity contribution in [2.45, 2.75) is 30.5 Å². The van der Waals surface area contributed by atoms with Crippen LogP contribution in [0.25, 0.3) is 0 Å². The first-order chi connectivity index (χ1) is 10.0. The third kappa shape index (κ3) is 3.86. The van der Waals surface area contributed by atoms with Gasteiger partial charge in [0.1, 0.15) is 0 Å². The number of nitrogens with zero attached hydrogens (tertiary/aromatic N) is 2. The van der Waals surface area contributed by atoms with Crippen LogP contribution in [-0.4, -0.2) is 15.7 Å². The number of nitrogens with two attached hydrogens (primary N) is 1. The second-order valence-corrected chi connectivity index (χ2v) is 6.00. The van der Waals surface area contributed by atoms with E-state index in [1.807, 2.05) is 49.8 Å². The van der Waals surface area contributed by atoms with Gasteiger partial charge >= 0.3 is 0 Å². The second kappa shape index (κ2) is 6.78. The van der Waals surface area contributed by atoms with Crippen LogP contribution < -0.4 is 11.3 Å². The summed E-state index contributed by atoms with van der Waals surface area (Å²) >= 11 is 1.75. The van der Waals surface area contributed by atoms with Gasteiger partial charge in [-0.25, -0.2) is 5.84 Å². The average Bonchev–Trinajstić information content (AvgIpc) is 2.82. The van der Waals surface area contributed by atoms with E-state index in [-0.39, 0.29) is 11.8 Å². The smallest absolute Gasteiger partial charge is 0.241 e. The van der Waals surface area contributed by atoms with Crippen LogP contribution in [0.5, 0.6) is 0 Å². The molecule has 0 bridgehead atoms. The number of carbonyl (C=O) groups is 1. The number of aryl methyl sites for hydroxylation is 2. The predicted octanol–water partition coefficient (Wildman–Crippen LogP) is 2.11. The van der Waals surface area contributed by atoms with Gasteiger partial charge in [-0.3, -0.25) is 14.9 Å². The van der Waals surface area contributed by atoms with E-state index < -0.39 is 0 Å². The van der Waals surface area contributed by atoms with Crippen LogP contribution in [0.1, 0.15) is 29.7 Å². The zero-order chi connectivity index (χ0) is 15.4. The van der Waals surface area contributed by atoms with Crippen molar-refractivity contribution in [2.75, 3.05) is 0 Å². The van der Waals surface area contributed by atoms with Gasteiger partial charge in [0, 0.05) is 12.8 Å². The molecule has 5 nitrogen and oxygen atoms in total. The molecule has 6 heteroatoms. The molecule has 1 aromatic carbocycles. The molecule has 1 amide bonds. The predicted molar refractivity (Wildman–Crippen MR) is 84.7 cm³/mol. The molecule has 0 aliphatic rings. The number of hydrogen-bond donors (Lipinski definition) is 2. The molecule has 1 aromatic heterocycles. The highest BCUT2D eigenvalue weighted by atomic mass is 32.2. The van der Waals surface area contributed by atoms with Gasteiger partial charge in [-0.05, 0) is 31.0 Å². The first-order valence-corrected chi connectivity index (χ1v) is 7.72. The lowest BCUT2D eigenvalue weighted by Crippen LogP contribution is -2.33. The van der Waals surface area contributed by atoms with Crippen molar-refractivity contribution in [1.82, 2.24) is 15.2 Å². The lowest BCUT2D eigenvalue weighted by Gasteiger charge is -2.10. The molecular formula is C15H20N4OS. The maximum atomic E-state index is 11.5. The van der Waals surface area contributed by atoms with E-state index in [0.29, 0.717) is 0 Å². The highest BCUT2D eigenvalue weighted by molar-refractivity contribution is 7.98. The summed E-state index contributed by atoms with van der Waals surface area (Å²) in [5, 5.41) is 5.47. The molecule has 0 saturated heterocycles. The first-order valence-electron chi connectivity index (χ1n) is 6.74. The highest BCUT2D eigenvalue weighted by Crippen LogP contribution is 2.24. The minimum Gasteiger partial charge on any atom is -0.294 e. The van der Waals surface area contributed by atoms with Crippen LogP contribution in [0.15, 0.2) is 35.4 Å². The number of nitrogens with one attached hydrogen (secondary N) is 1. The summed E-state index contributed by atoms with van der Waals surface area (Å²) in [4.78, 5) is 11.5. The molecule has 0 spiro atoms. The maximum absolute atomic E-state index is 11.5. The molecule has 3 N–H and O–H groups in total. The van der Waals surface area contributed by atoms with E-state index in [9.17, 15) is 4.79 Å². The third-order valence-electron chi connectivity index (χ3n) is 3.36. The van der Waals surface area contributed by atoms with E-state index in [1.165, 1.54) is 5.56 Å². The lowest BCUT2D eigenvalue weighted by atomic mass is 10.00. The van der Waals surface area contributed by atoms with Gasteiger partial charge in [-0.1, -0.05) is 24.3 Å². The summed E-state index contributed by atoms with van der Waals surface area (Å²) in [7, 11) is 1.95. The summed E-state index contributed by atoms with van der Waals surface area (Å²) in [6, 6.07) is 10.1. The van der Waals surface area contributed by atoms with Gasteiger partial charge < -0.3 is 0 Å². The fourth-order valence-corrected chi connectivity index (χ4v) is 3.05. The summed E-state index contributed by atoms with van der Waals surface area (Å²) < 4.78 is 1.89. The van der Waals surface area contributed by atoms with Gasteiger partial charge in [0.05, 0.1) is 16.6 Å². The largest absolute Gasteiger partial charge is 0.294 e. The number of hydrazine groups is 1. The van der Waals surface area contributed by atoms with Crippen molar-refractivity contribution in [3.05, 3.63) is 47.2 Å². The molecule has 1 heterocycles. The minimum atomic E-state index is -0.239. The summed E-state index contributed by atoms with van der Waals surface area (Å²) in [6.07, 6.45) is 0. The monoisotopic (exact) mass is 304 g/mol. The van der Waals surface area contributed by atoms with Crippen LogP contribution in [-0.2, 0) is 17.6 Å². The quantitative estimate of drug-likeness (QED) is 0.384. The number of carbonyl (C=O) groups excluding carboxylic acids is 1. The van der Waals surface area contributed by atoms with Gasteiger partial charge in [0.2, 0.25) is 5.91 Å². The summed E-state index contributed by atoms with van der Waals surface area (Å²) in [5.74, 6) is 5.61. The van der Waals surface area contributed by atoms with Crippen molar-refractivity contribution in [2.24, 2.45) is 12.9 Å². The molecule has 1 atom stereocenters. The molecule has 0 fully saturated rings. The van der Waals surface area contributed by atoms with E-state index in [1.54, 1.807) is 11.8 Å². The number of aromatic nitrogens is 2. The zero-order valence-corrected chi connectivity index (χ0v) is 13.3. The molecule has 0 saturated carbocycles. The number of hydrogen-bond acceptors (Lipinski definition) is 4. The normalized spacial score (nSPS) is 12.2. The van der Waals surface area contributed by atoms with E-state index in [4.69, 9.17) is 5.84 Å². The summed E-state index contributed by atoms with van der Waals surface area (Å²) in [6.45, 7) is 3.83. The molecular weight excluding hydrogens is 284 g/mol. The highest BCUT2D eigenvalue weighted by Gasteiger charge is 2.13. The first kappa shape index (κ1) is 15.6.